The molecular formula is C19H11ClFN3O2. The van der Waals surface area contributed by atoms with E-state index in [9.17, 15) is 9.18 Å². The summed E-state index contributed by atoms with van der Waals surface area (Å²) in [6.07, 6.45) is 3.22. The Balaban J connectivity index is 1.67. The Bertz CT molecular complexity index is 1090. The van der Waals surface area contributed by atoms with Crippen molar-refractivity contribution in [2.75, 3.05) is 5.32 Å². The van der Waals surface area contributed by atoms with E-state index >= 15 is 0 Å². The summed E-state index contributed by atoms with van der Waals surface area (Å²) in [6.45, 7) is 0. The highest BCUT2D eigenvalue weighted by molar-refractivity contribution is 6.34. The van der Waals surface area contributed by atoms with Gasteiger partial charge in [-0.1, -0.05) is 17.7 Å². The highest BCUT2D eigenvalue weighted by atomic mass is 35.5. The Labute approximate surface area is 152 Å². The monoisotopic (exact) mass is 367 g/mol. The van der Waals surface area contributed by atoms with Crippen molar-refractivity contribution < 1.29 is 13.6 Å². The topological polar surface area (TPSA) is 68.0 Å². The number of pyridine rings is 1. The number of halogens is 2. The second kappa shape index (κ2) is 6.57. The van der Waals surface area contributed by atoms with Crippen molar-refractivity contribution in [3.8, 4) is 11.5 Å². The quantitative estimate of drug-likeness (QED) is 0.557. The summed E-state index contributed by atoms with van der Waals surface area (Å²) in [6, 6.07) is 12.1. The first kappa shape index (κ1) is 16.2. The molecule has 0 spiro atoms. The second-order valence-corrected chi connectivity index (χ2v) is 5.93. The van der Waals surface area contributed by atoms with Crippen molar-refractivity contribution in [1.29, 1.82) is 0 Å². The van der Waals surface area contributed by atoms with Gasteiger partial charge in [-0.05, 0) is 36.4 Å². The van der Waals surface area contributed by atoms with E-state index in [-0.39, 0.29) is 5.56 Å². The van der Waals surface area contributed by atoms with Crippen LogP contribution in [0, 0.1) is 5.82 Å². The average Bonchev–Trinajstić information content (AvgIpc) is 3.07. The van der Waals surface area contributed by atoms with E-state index in [0.717, 1.165) is 6.07 Å². The summed E-state index contributed by atoms with van der Waals surface area (Å²) in [5.74, 6) is -0.575. The molecule has 1 amide bonds. The van der Waals surface area contributed by atoms with Crippen molar-refractivity contribution in [1.82, 2.24) is 9.97 Å². The molecule has 2 aromatic heterocycles. The van der Waals surface area contributed by atoms with Gasteiger partial charge in [0.1, 0.15) is 11.3 Å². The van der Waals surface area contributed by atoms with Gasteiger partial charge in [-0.25, -0.2) is 9.37 Å². The Morgan fingerprint density at radius 1 is 1.15 bits per heavy atom. The number of amides is 1. The molecule has 0 unspecified atom stereocenters. The number of fused-ring (bicyclic) bond motifs is 1. The fourth-order valence-corrected chi connectivity index (χ4v) is 2.65. The zero-order valence-electron chi connectivity index (χ0n) is 13.2. The molecule has 7 heteroatoms. The van der Waals surface area contributed by atoms with Crippen molar-refractivity contribution in [3.05, 3.63) is 77.3 Å². The van der Waals surface area contributed by atoms with E-state index in [0.29, 0.717) is 33.3 Å². The molecular weight excluding hydrogens is 357 g/mol. The zero-order valence-corrected chi connectivity index (χ0v) is 14.0. The molecule has 0 fully saturated rings. The Kier molecular flexibility index (Phi) is 4.10. The molecule has 1 N–H and O–H groups in total. The Morgan fingerprint density at radius 2 is 2.04 bits per heavy atom. The van der Waals surface area contributed by atoms with Gasteiger partial charge in [-0.15, -0.1) is 0 Å². The highest BCUT2D eigenvalue weighted by Crippen LogP contribution is 2.30. The molecule has 2 aromatic carbocycles. The van der Waals surface area contributed by atoms with Crippen LogP contribution in [0.1, 0.15) is 10.4 Å². The van der Waals surface area contributed by atoms with Crippen LogP contribution in [0.3, 0.4) is 0 Å². The molecule has 0 atom stereocenters. The number of rotatable bonds is 3. The van der Waals surface area contributed by atoms with E-state index in [1.165, 1.54) is 18.2 Å². The number of hydrogen-bond donors (Lipinski definition) is 1. The molecule has 26 heavy (non-hydrogen) atoms. The highest BCUT2D eigenvalue weighted by Gasteiger charge is 2.13. The van der Waals surface area contributed by atoms with Gasteiger partial charge in [0, 0.05) is 23.4 Å². The number of benzene rings is 2. The smallest absolute Gasteiger partial charge is 0.255 e. The minimum atomic E-state index is -0.488. The minimum absolute atomic E-state index is 0.194. The summed E-state index contributed by atoms with van der Waals surface area (Å²) >= 11 is 6.18. The lowest BCUT2D eigenvalue weighted by atomic mass is 10.1. The maximum absolute atomic E-state index is 13.3. The largest absolute Gasteiger partial charge is 0.436 e. The minimum Gasteiger partial charge on any atom is -0.436 e. The normalized spacial score (nSPS) is 10.8. The molecule has 0 aliphatic carbocycles. The first-order valence-electron chi connectivity index (χ1n) is 7.67. The van der Waals surface area contributed by atoms with Gasteiger partial charge in [0.15, 0.2) is 5.58 Å². The van der Waals surface area contributed by atoms with Crippen LogP contribution >= 0.6 is 11.6 Å². The molecule has 0 aliphatic heterocycles. The number of nitrogens with one attached hydrogen (secondary N) is 1. The van der Waals surface area contributed by atoms with Crippen molar-refractivity contribution in [3.63, 3.8) is 0 Å². The van der Waals surface area contributed by atoms with Crippen molar-refractivity contribution in [2.45, 2.75) is 0 Å². The predicted octanol–water partition coefficient (Wildman–Crippen LogP) is 4.93. The van der Waals surface area contributed by atoms with E-state index in [2.05, 4.69) is 15.3 Å². The second-order valence-electron chi connectivity index (χ2n) is 5.52. The lowest BCUT2D eigenvalue weighted by Crippen LogP contribution is -2.12. The molecule has 128 valence electrons. The number of hydrogen-bond acceptors (Lipinski definition) is 4. The summed E-state index contributed by atoms with van der Waals surface area (Å²) in [5.41, 5.74) is 2.44. The van der Waals surface area contributed by atoms with Crippen LogP contribution in [0.2, 0.25) is 5.02 Å². The van der Waals surface area contributed by atoms with Crippen LogP contribution in [-0.4, -0.2) is 15.9 Å². The fourth-order valence-electron chi connectivity index (χ4n) is 2.48. The van der Waals surface area contributed by atoms with Gasteiger partial charge in [0.05, 0.1) is 16.9 Å². The number of anilines is 1. The standard InChI is InChI=1S/C19H11ClFN3O2/c20-14-5-4-12(19-24-16-10-22-7-6-17(16)26-19)9-15(14)23-18(25)11-2-1-3-13(21)8-11/h1-10H,(H,23,25). The van der Waals surface area contributed by atoms with Crippen LogP contribution in [0.5, 0.6) is 0 Å². The third kappa shape index (κ3) is 3.14. The third-order valence-corrected chi connectivity index (χ3v) is 4.07. The average molecular weight is 368 g/mol. The molecule has 0 aliphatic rings. The van der Waals surface area contributed by atoms with E-state index in [4.69, 9.17) is 16.0 Å². The van der Waals surface area contributed by atoms with Gasteiger partial charge in [-0.3, -0.25) is 9.78 Å². The lowest BCUT2D eigenvalue weighted by Gasteiger charge is -2.08. The zero-order chi connectivity index (χ0) is 18.1. The SMILES string of the molecule is O=C(Nc1cc(-c2nc3cnccc3o2)ccc1Cl)c1cccc(F)c1. The van der Waals surface area contributed by atoms with Crippen LogP contribution in [-0.2, 0) is 0 Å². The lowest BCUT2D eigenvalue weighted by molar-refractivity contribution is 0.102. The Hall–Kier alpha value is -3.25. The third-order valence-electron chi connectivity index (χ3n) is 3.74. The Morgan fingerprint density at radius 3 is 2.85 bits per heavy atom. The first-order valence-corrected chi connectivity index (χ1v) is 8.05. The summed E-state index contributed by atoms with van der Waals surface area (Å²) < 4.78 is 19.0. The number of aromatic nitrogens is 2. The van der Waals surface area contributed by atoms with Gasteiger partial charge in [0.25, 0.3) is 5.91 Å². The van der Waals surface area contributed by atoms with Gasteiger partial charge in [-0.2, -0.15) is 0 Å². The molecule has 5 nitrogen and oxygen atoms in total. The van der Waals surface area contributed by atoms with Crippen LogP contribution < -0.4 is 5.32 Å². The molecule has 4 aromatic rings. The number of oxazole rings is 1. The number of nitrogens with zero attached hydrogens (tertiary/aromatic N) is 2. The van der Waals surface area contributed by atoms with E-state index in [1.807, 2.05) is 0 Å². The predicted molar refractivity (Wildman–Crippen MR) is 96.6 cm³/mol. The van der Waals surface area contributed by atoms with Crippen molar-refractivity contribution in [2.24, 2.45) is 0 Å². The molecule has 0 saturated carbocycles. The number of carbonyl (C=O) groups is 1. The summed E-state index contributed by atoms with van der Waals surface area (Å²) in [7, 11) is 0. The van der Waals surface area contributed by atoms with E-state index < -0.39 is 11.7 Å². The first-order chi connectivity index (χ1) is 12.6. The van der Waals surface area contributed by atoms with Crippen LogP contribution in [0.4, 0.5) is 10.1 Å². The van der Waals surface area contributed by atoms with Gasteiger partial charge < -0.3 is 9.73 Å². The molecule has 0 bridgehead atoms. The van der Waals surface area contributed by atoms with Crippen LogP contribution in [0.25, 0.3) is 22.6 Å². The molecule has 2 heterocycles. The maximum atomic E-state index is 13.3. The molecule has 4 rings (SSSR count). The maximum Gasteiger partial charge on any atom is 0.255 e. The van der Waals surface area contributed by atoms with Gasteiger partial charge in [0.2, 0.25) is 5.89 Å². The summed E-state index contributed by atoms with van der Waals surface area (Å²) in [5, 5.41) is 3.02. The van der Waals surface area contributed by atoms with E-state index in [1.54, 1.807) is 36.7 Å². The molecule has 0 saturated heterocycles. The van der Waals surface area contributed by atoms with Crippen molar-refractivity contribution >= 4 is 34.3 Å². The fraction of sp³-hybridized carbons (Fsp3) is 0. The molecule has 0 radical (unpaired) electrons. The van der Waals surface area contributed by atoms with Gasteiger partial charge >= 0.3 is 0 Å². The number of carbonyl (C=O) groups excluding carboxylic acids is 1. The van der Waals surface area contributed by atoms with Crippen LogP contribution in [0.15, 0.2) is 65.3 Å². The summed E-state index contributed by atoms with van der Waals surface area (Å²) in [4.78, 5) is 20.7.